The Bertz CT molecular complexity index is 1210. The standard InChI is InChI=1S/C24H28N6O/c31-18-5-7-20-19(15-18)23(28-27-20)24-25-21-6-4-17(14-22(21)26-24)30-12-8-16(9-13-30)29-10-2-1-3-11-29/h4-7,14-16,31H,1-3,8-13H2,(H,25,26)(H,27,28). The van der Waals surface area contributed by atoms with Gasteiger partial charge in [0.1, 0.15) is 11.4 Å². The summed E-state index contributed by atoms with van der Waals surface area (Å²) in [6.07, 6.45) is 6.62. The number of nitrogens with zero attached hydrogens (tertiary/aromatic N) is 4. The molecule has 2 aliphatic rings. The maximum atomic E-state index is 9.86. The van der Waals surface area contributed by atoms with Crippen LogP contribution in [0.3, 0.4) is 0 Å². The fourth-order valence-corrected chi connectivity index (χ4v) is 5.26. The summed E-state index contributed by atoms with van der Waals surface area (Å²) in [5.74, 6) is 0.939. The Labute approximate surface area is 181 Å². The number of aromatic hydroxyl groups is 1. The molecular weight excluding hydrogens is 388 g/mol. The second-order valence-corrected chi connectivity index (χ2v) is 8.90. The molecule has 160 valence electrons. The minimum atomic E-state index is 0.224. The van der Waals surface area contributed by atoms with Gasteiger partial charge in [-0.3, -0.25) is 5.10 Å². The number of aromatic amines is 2. The van der Waals surface area contributed by atoms with E-state index in [0.29, 0.717) is 5.82 Å². The average molecular weight is 417 g/mol. The van der Waals surface area contributed by atoms with Crippen LogP contribution in [-0.4, -0.2) is 62.4 Å². The Morgan fingerprint density at radius 1 is 0.903 bits per heavy atom. The Hall–Kier alpha value is -3.06. The van der Waals surface area contributed by atoms with Crippen LogP contribution in [0.25, 0.3) is 33.5 Å². The van der Waals surface area contributed by atoms with Crippen LogP contribution in [0.15, 0.2) is 36.4 Å². The van der Waals surface area contributed by atoms with E-state index in [9.17, 15) is 5.11 Å². The lowest BCUT2D eigenvalue weighted by molar-refractivity contribution is 0.141. The molecule has 0 bridgehead atoms. The quantitative estimate of drug-likeness (QED) is 0.465. The Morgan fingerprint density at radius 2 is 1.74 bits per heavy atom. The minimum absolute atomic E-state index is 0.224. The second kappa shape index (κ2) is 7.57. The first-order valence-corrected chi connectivity index (χ1v) is 11.4. The van der Waals surface area contributed by atoms with Crippen molar-refractivity contribution in [3.8, 4) is 17.3 Å². The Morgan fingerprint density at radius 3 is 2.58 bits per heavy atom. The number of hydrogen-bond donors (Lipinski definition) is 3. The number of anilines is 1. The van der Waals surface area contributed by atoms with Crippen molar-refractivity contribution < 1.29 is 5.11 Å². The fourth-order valence-electron chi connectivity index (χ4n) is 5.26. The van der Waals surface area contributed by atoms with Crippen LogP contribution in [0.1, 0.15) is 32.1 Å². The number of rotatable bonds is 3. The molecule has 0 spiro atoms. The van der Waals surface area contributed by atoms with E-state index in [2.05, 4.69) is 43.2 Å². The van der Waals surface area contributed by atoms with Crippen molar-refractivity contribution in [3.05, 3.63) is 36.4 Å². The summed E-state index contributed by atoms with van der Waals surface area (Å²) in [6.45, 7) is 4.79. The molecule has 0 saturated carbocycles. The van der Waals surface area contributed by atoms with E-state index in [4.69, 9.17) is 4.98 Å². The van der Waals surface area contributed by atoms with Gasteiger partial charge >= 0.3 is 0 Å². The molecule has 0 unspecified atom stereocenters. The molecule has 2 aromatic carbocycles. The third-order valence-corrected chi connectivity index (χ3v) is 6.97. The normalized spacial score (nSPS) is 18.9. The monoisotopic (exact) mass is 416 g/mol. The number of hydrogen-bond acceptors (Lipinski definition) is 5. The molecule has 31 heavy (non-hydrogen) atoms. The van der Waals surface area contributed by atoms with Crippen molar-refractivity contribution in [3.63, 3.8) is 0 Å². The number of phenolic OH excluding ortho intramolecular Hbond substituents is 1. The van der Waals surface area contributed by atoms with Crippen LogP contribution in [0, 0.1) is 0 Å². The van der Waals surface area contributed by atoms with E-state index in [1.54, 1.807) is 12.1 Å². The zero-order chi connectivity index (χ0) is 20.8. The Balaban J connectivity index is 1.23. The molecule has 6 rings (SSSR count). The summed E-state index contributed by atoms with van der Waals surface area (Å²) >= 11 is 0. The lowest BCUT2D eigenvalue weighted by atomic mass is 9.99. The van der Waals surface area contributed by atoms with Gasteiger partial charge in [-0.05, 0) is 75.2 Å². The third kappa shape index (κ3) is 3.43. The smallest absolute Gasteiger partial charge is 0.159 e. The summed E-state index contributed by atoms with van der Waals surface area (Å²) in [7, 11) is 0. The molecule has 0 radical (unpaired) electrons. The summed E-state index contributed by atoms with van der Waals surface area (Å²) in [5.41, 5.74) is 4.81. The van der Waals surface area contributed by atoms with Gasteiger partial charge in [-0.25, -0.2) is 4.98 Å². The van der Waals surface area contributed by atoms with Gasteiger partial charge in [0.15, 0.2) is 5.82 Å². The predicted molar refractivity (Wildman–Crippen MR) is 124 cm³/mol. The highest BCUT2D eigenvalue weighted by molar-refractivity contribution is 5.94. The van der Waals surface area contributed by atoms with Gasteiger partial charge in [-0.1, -0.05) is 6.42 Å². The molecule has 2 aromatic heterocycles. The van der Waals surface area contributed by atoms with E-state index < -0.39 is 0 Å². The van der Waals surface area contributed by atoms with E-state index in [1.807, 2.05) is 6.07 Å². The summed E-state index contributed by atoms with van der Waals surface area (Å²) < 4.78 is 0. The van der Waals surface area contributed by atoms with Crippen molar-refractivity contribution in [1.29, 1.82) is 0 Å². The molecular formula is C24H28N6O. The van der Waals surface area contributed by atoms with Gasteiger partial charge < -0.3 is 19.9 Å². The van der Waals surface area contributed by atoms with E-state index in [0.717, 1.165) is 46.8 Å². The first kappa shape index (κ1) is 18.7. The fraction of sp³-hybridized carbons (Fsp3) is 0.417. The predicted octanol–water partition coefficient (Wildman–Crippen LogP) is 4.27. The molecule has 2 fully saturated rings. The number of imidazole rings is 1. The number of phenols is 1. The van der Waals surface area contributed by atoms with Crippen molar-refractivity contribution >= 4 is 27.6 Å². The van der Waals surface area contributed by atoms with E-state index in [-0.39, 0.29) is 5.75 Å². The maximum absolute atomic E-state index is 9.86. The molecule has 0 atom stereocenters. The molecule has 0 amide bonds. The Kier molecular flexibility index (Phi) is 4.56. The molecule has 4 aromatic rings. The van der Waals surface area contributed by atoms with Gasteiger partial charge in [-0.15, -0.1) is 0 Å². The van der Waals surface area contributed by atoms with Crippen molar-refractivity contribution in [2.24, 2.45) is 0 Å². The highest BCUT2D eigenvalue weighted by atomic mass is 16.3. The number of H-pyrrole nitrogens is 2. The number of likely N-dealkylation sites (tertiary alicyclic amines) is 1. The zero-order valence-electron chi connectivity index (χ0n) is 17.6. The number of nitrogens with one attached hydrogen (secondary N) is 2. The van der Waals surface area contributed by atoms with Gasteiger partial charge in [0.25, 0.3) is 0 Å². The number of fused-ring (bicyclic) bond motifs is 2. The summed E-state index contributed by atoms with van der Waals surface area (Å²) in [4.78, 5) is 13.4. The minimum Gasteiger partial charge on any atom is -0.508 e. The number of piperidine rings is 2. The molecule has 2 aliphatic heterocycles. The number of benzene rings is 2. The van der Waals surface area contributed by atoms with Crippen LogP contribution >= 0.6 is 0 Å². The third-order valence-electron chi connectivity index (χ3n) is 6.97. The lowest BCUT2D eigenvalue weighted by Gasteiger charge is -2.41. The highest BCUT2D eigenvalue weighted by Crippen LogP contribution is 2.31. The van der Waals surface area contributed by atoms with Gasteiger partial charge in [0.05, 0.1) is 16.6 Å². The highest BCUT2D eigenvalue weighted by Gasteiger charge is 2.26. The maximum Gasteiger partial charge on any atom is 0.159 e. The molecule has 3 N–H and O–H groups in total. The lowest BCUT2D eigenvalue weighted by Crippen LogP contribution is -2.46. The average Bonchev–Trinajstić information content (AvgIpc) is 3.42. The van der Waals surface area contributed by atoms with Crippen LogP contribution < -0.4 is 4.90 Å². The van der Waals surface area contributed by atoms with Gasteiger partial charge in [0, 0.05) is 30.2 Å². The number of aromatic nitrogens is 4. The summed E-state index contributed by atoms with van der Waals surface area (Å²) in [6, 6.07) is 12.4. The molecule has 7 nitrogen and oxygen atoms in total. The van der Waals surface area contributed by atoms with E-state index in [1.165, 1.54) is 50.9 Å². The van der Waals surface area contributed by atoms with Crippen molar-refractivity contribution in [1.82, 2.24) is 25.1 Å². The van der Waals surface area contributed by atoms with Crippen LogP contribution in [0.4, 0.5) is 5.69 Å². The topological polar surface area (TPSA) is 84.1 Å². The molecule has 4 heterocycles. The largest absolute Gasteiger partial charge is 0.508 e. The van der Waals surface area contributed by atoms with E-state index >= 15 is 0 Å². The molecule has 7 heteroatoms. The summed E-state index contributed by atoms with van der Waals surface area (Å²) in [5, 5.41) is 18.2. The second-order valence-electron chi connectivity index (χ2n) is 8.90. The van der Waals surface area contributed by atoms with Crippen LogP contribution in [0.2, 0.25) is 0 Å². The van der Waals surface area contributed by atoms with Gasteiger partial charge in [-0.2, -0.15) is 5.10 Å². The van der Waals surface area contributed by atoms with Crippen LogP contribution in [-0.2, 0) is 0 Å². The SMILES string of the molecule is Oc1ccc2[nH]nc(-c3nc4ccc(N5CCC(N6CCCCC6)CC5)cc4[nH]3)c2c1. The first-order chi connectivity index (χ1) is 15.2. The van der Waals surface area contributed by atoms with Crippen molar-refractivity contribution in [2.45, 2.75) is 38.1 Å². The van der Waals surface area contributed by atoms with Crippen LogP contribution in [0.5, 0.6) is 5.75 Å². The van der Waals surface area contributed by atoms with Gasteiger partial charge in [0.2, 0.25) is 0 Å². The van der Waals surface area contributed by atoms with Crippen molar-refractivity contribution in [2.75, 3.05) is 31.1 Å². The molecule has 2 saturated heterocycles. The zero-order valence-corrected chi connectivity index (χ0v) is 17.6. The first-order valence-electron chi connectivity index (χ1n) is 11.4. The molecule has 0 aliphatic carbocycles.